The van der Waals surface area contributed by atoms with E-state index in [1.54, 1.807) is 12.1 Å². The number of hydrogen-bond donors (Lipinski definition) is 4. The van der Waals surface area contributed by atoms with Crippen LogP contribution in [0.2, 0.25) is 0 Å². The minimum absolute atomic E-state index is 0.114. The van der Waals surface area contributed by atoms with Crippen LogP contribution in [-0.2, 0) is 0 Å². The zero-order valence-corrected chi connectivity index (χ0v) is 14.8. The molecule has 130 valence electrons. The van der Waals surface area contributed by atoms with E-state index in [0.717, 1.165) is 11.3 Å². The van der Waals surface area contributed by atoms with Gasteiger partial charge in [-0.3, -0.25) is 9.59 Å². The van der Waals surface area contributed by atoms with Crippen molar-refractivity contribution in [1.29, 1.82) is 0 Å². The number of aliphatic hydroxyl groups is 2. The average molecular weight is 342 g/mol. The molecule has 23 heavy (non-hydrogen) atoms. The normalized spacial score (nSPS) is 13.9. The van der Waals surface area contributed by atoms with Gasteiger partial charge in [0.25, 0.3) is 11.8 Å². The van der Waals surface area contributed by atoms with Crippen LogP contribution in [0.5, 0.6) is 0 Å². The Labute approximate surface area is 140 Å². The molecule has 2 amide bonds. The van der Waals surface area contributed by atoms with Crippen molar-refractivity contribution < 1.29 is 19.8 Å². The van der Waals surface area contributed by atoms with Crippen LogP contribution in [-0.4, -0.2) is 47.3 Å². The molecular formula is C16H26N2O4S. The van der Waals surface area contributed by atoms with E-state index in [-0.39, 0.29) is 48.9 Å². The molecule has 1 aromatic heterocycles. The van der Waals surface area contributed by atoms with Gasteiger partial charge in [0.2, 0.25) is 0 Å². The monoisotopic (exact) mass is 342 g/mol. The number of rotatable bonds is 8. The van der Waals surface area contributed by atoms with Crippen LogP contribution in [0, 0.1) is 11.8 Å². The van der Waals surface area contributed by atoms with Gasteiger partial charge < -0.3 is 20.8 Å². The van der Waals surface area contributed by atoms with Gasteiger partial charge in [-0.05, 0) is 24.0 Å². The predicted octanol–water partition coefficient (Wildman–Crippen LogP) is 1.24. The Balaban J connectivity index is 2.73. The van der Waals surface area contributed by atoms with E-state index in [1.807, 2.05) is 27.7 Å². The molecule has 2 atom stereocenters. The number of nitrogens with one attached hydrogen (secondary N) is 2. The minimum Gasteiger partial charge on any atom is -0.394 e. The average Bonchev–Trinajstić information content (AvgIpc) is 2.99. The molecule has 0 aromatic carbocycles. The molecule has 0 aliphatic heterocycles. The summed E-state index contributed by atoms with van der Waals surface area (Å²) in [5, 5.41) is 24.0. The van der Waals surface area contributed by atoms with Crippen LogP contribution in [0.3, 0.4) is 0 Å². The number of aliphatic hydroxyl groups excluding tert-OH is 2. The summed E-state index contributed by atoms with van der Waals surface area (Å²) < 4.78 is 0. The van der Waals surface area contributed by atoms with Crippen molar-refractivity contribution in [3.63, 3.8) is 0 Å². The van der Waals surface area contributed by atoms with Crippen LogP contribution in [0.4, 0.5) is 0 Å². The van der Waals surface area contributed by atoms with E-state index in [2.05, 4.69) is 10.6 Å². The van der Waals surface area contributed by atoms with E-state index in [0.29, 0.717) is 9.75 Å². The Bertz CT molecular complexity index is 483. The second-order valence-corrected chi connectivity index (χ2v) is 7.26. The topological polar surface area (TPSA) is 98.7 Å². The lowest BCUT2D eigenvalue weighted by molar-refractivity contribution is 0.0896. The third kappa shape index (κ3) is 5.60. The first kappa shape index (κ1) is 19.6. The van der Waals surface area contributed by atoms with Crippen molar-refractivity contribution in [2.24, 2.45) is 11.8 Å². The van der Waals surface area contributed by atoms with E-state index in [9.17, 15) is 19.8 Å². The molecule has 0 spiro atoms. The molecule has 0 aliphatic carbocycles. The largest absolute Gasteiger partial charge is 0.394 e. The number of thiophene rings is 1. The highest BCUT2D eigenvalue weighted by Gasteiger charge is 2.21. The molecule has 1 rings (SSSR count). The minimum atomic E-state index is -0.318. The van der Waals surface area contributed by atoms with Gasteiger partial charge >= 0.3 is 0 Å². The Morgan fingerprint density at radius 3 is 1.52 bits per heavy atom. The van der Waals surface area contributed by atoms with Crippen molar-refractivity contribution in [1.82, 2.24) is 10.6 Å². The summed E-state index contributed by atoms with van der Waals surface area (Å²) in [6, 6.07) is 2.54. The quantitative estimate of drug-likeness (QED) is 0.571. The second-order valence-electron chi connectivity index (χ2n) is 6.18. The van der Waals surface area contributed by atoms with Crippen molar-refractivity contribution >= 4 is 23.2 Å². The molecule has 1 aromatic rings. The highest BCUT2D eigenvalue weighted by Crippen LogP contribution is 2.17. The fraction of sp³-hybridized carbons (Fsp3) is 0.625. The second kappa shape index (κ2) is 9.00. The zero-order valence-electron chi connectivity index (χ0n) is 14.0. The third-order valence-corrected chi connectivity index (χ3v) is 4.77. The highest BCUT2D eigenvalue weighted by atomic mass is 32.1. The Hall–Kier alpha value is -1.44. The van der Waals surface area contributed by atoms with E-state index < -0.39 is 0 Å². The van der Waals surface area contributed by atoms with Gasteiger partial charge in [0, 0.05) is 0 Å². The van der Waals surface area contributed by atoms with Crippen molar-refractivity contribution in [3.05, 3.63) is 21.9 Å². The molecule has 0 saturated carbocycles. The summed E-state index contributed by atoms with van der Waals surface area (Å²) in [6.45, 7) is 7.39. The number of carbonyl (C=O) groups excluding carboxylic acids is 2. The van der Waals surface area contributed by atoms with Crippen molar-refractivity contribution in [2.45, 2.75) is 39.8 Å². The predicted molar refractivity (Wildman–Crippen MR) is 90.7 cm³/mol. The maximum absolute atomic E-state index is 12.2. The number of amides is 2. The molecule has 7 heteroatoms. The smallest absolute Gasteiger partial charge is 0.261 e. The molecular weight excluding hydrogens is 316 g/mol. The Morgan fingerprint density at radius 2 is 1.26 bits per heavy atom. The standard InChI is InChI=1S/C16H26N2O4S/c1-9(2)11(7-19)17-15(21)13-5-6-14(23-13)16(22)18-12(8-20)10(3)4/h5-6,9-12,19-20H,7-8H2,1-4H3,(H,17,21)(H,18,22). The Kier molecular flexibility index (Phi) is 7.67. The summed E-state index contributed by atoms with van der Waals surface area (Å²) in [5.41, 5.74) is 0. The summed E-state index contributed by atoms with van der Waals surface area (Å²) in [4.78, 5) is 25.1. The molecule has 6 nitrogen and oxygen atoms in total. The molecule has 0 bridgehead atoms. The van der Waals surface area contributed by atoms with Gasteiger partial charge in [-0.2, -0.15) is 0 Å². The maximum Gasteiger partial charge on any atom is 0.261 e. The number of carbonyl (C=O) groups is 2. The van der Waals surface area contributed by atoms with Gasteiger partial charge in [-0.1, -0.05) is 27.7 Å². The molecule has 0 aliphatic rings. The third-order valence-electron chi connectivity index (χ3n) is 3.69. The molecule has 4 N–H and O–H groups in total. The lowest BCUT2D eigenvalue weighted by Gasteiger charge is -2.19. The first-order valence-electron chi connectivity index (χ1n) is 7.73. The van der Waals surface area contributed by atoms with Crippen LogP contribution in [0.25, 0.3) is 0 Å². The van der Waals surface area contributed by atoms with Gasteiger partial charge in [-0.25, -0.2) is 0 Å². The summed E-state index contributed by atoms with van der Waals surface area (Å²) in [6.07, 6.45) is 0. The number of hydrogen-bond acceptors (Lipinski definition) is 5. The first-order valence-corrected chi connectivity index (χ1v) is 8.55. The van der Waals surface area contributed by atoms with E-state index in [1.165, 1.54) is 0 Å². The molecule has 0 fully saturated rings. The molecule has 2 unspecified atom stereocenters. The fourth-order valence-electron chi connectivity index (χ4n) is 1.91. The van der Waals surface area contributed by atoms with Crippen LogP contribution < -0.4 is 10.6 Å². The van der Waals surface area contributed by atoms with E-state index >= 15 is 0 Å². The van der Waals surface area contributed by atoms with Gasteiger partial charge in [0.15, 0.2) is 0 Å². The van der Waals surface area contributed by atoms with Gasteiger partial charge in [-0.15, -0.1) is 11.3 Å². The lowest BCUT2D eigenvalue weighted by Crippen LogP contribution is -2.41. The van der Waals surface area contributed by atoms with Crippen LogP contribution >= 0.6 is 11.3 Å². The highest BCUT2D eigenvalue weighted by molar-refractivity contribution is 7.15. The summed E-state index contributed by atoms with van der Waals surface area (Å²) >= 11 is 1.09. The lowest BCUT2D eigenvalue weighted by atomic mass is 10.1. The zero-order chi connectivity index (χ0) is 17.6. The molecule has 0 radical (unpaired) electrons. The van der Waals surface area contributed by atoms with Crippen LogP contribution in [0.1, 0.15) is 47.0 Å². The fourth-order valence-corrected chi connectivity index (χ4v) is 2.72. The van der Waals surface area contributed by atoms with Crippen molar-refractivity contribution in [3.8, 4) is 0 Å². The summed E-state index contributed by atoms with van der Waals surface area (Å²) in [5.74, 6) is -0.375. The van der Waals surface area contributed by atoms with Gasteiger partial charge in [0.1, 0.15) is 0 Å². The van der Waals surface area contributed by atoms with E-state index in [4.69, 9.17) is 0 Å². The molecule has 1 heterocycles. The summed E-state index contributed by atoms with van der Waals surface area (Å²) in [7, 11) is 0. The SMILES string of the molecule is CC(C)C(CO)NC(=O)c1ccc(C(=O)NC(CO)C(C)C)s1. The Morgan fingerprint density at radius 1 is 0.913 bits per heavy atom. The van der Waals surface area contributed by atoms with Crippen molar-refractivity contribution in [2.75, 3.05) is 13.2 Å². The maximum atomic E-state index is 12.2. The van der Waals surface area contributed by atoms with Gasteiger partial charge in [0.05, 0.1) is 35.1 Å². The van der Waals surface area contributed by atoms with Crippen LogP contribution in [0.15, 0.2) is 12.1 Å². The first-order chi connectivity index (χ1) is 10.8. The molecule has 0 saturated heterocycles.